The van der Waals surface area contributed by atoms with Crippen LogP contribution >= 0.6 is 0 Å². The SMILES string of the molecule is CC(C)N(C)CCCNC(=O)C1COCCN1. The van der Waals surface area contributed by atoms with E-state index in [4.69, 9.17) is 4.74 Å². The van der Waals surface area contributed by atoms with E-state index in [-0.39, 0.29) is 11.9 Å². The van der Waals surface area contributed by atoms with Crippen molar-refractivity contribution in [2.24, 2.45) is 0 Å². The summed E-state index contributed by atoms with van der Waals surface area (Å²) in [6.45, 7) is 8.01. The Balaban J connectivity index is 2.07. The lowest BCUT2D eigenvalue weighted by Crippen LogP contribution is -2.51. The zero-order valence-corrected chi connectivity index (χ0v) is 11.2. The predicted octanol–water partition coefficient (Wildman–Crippen LogP) is -0.179. The largest absolute Gasteiger partial charge is 0.378 e. The quantitative estimate of drug-likeness (QED) is 0.636. The van der Waals surface area contributed by atoms with E-state index in [0.717, 1.165) is 26.1 Å². The molecule has 0 radical (unpaired) electrons. The third kappa shape index (κ3) is 5.48. The molecule has 5 nitrogen and oxygen atoms in total. The highest BCUT2D eigenvalue weighted by atomic mass is 16.5. The Kier molecular flexibility index (Phi) is 6.47. The van der Waals surface area contributed by atoms with Gasteiger partial charge >= 0.3 is 0 Å². The van der Waals surface area contributed by atoms with Crippen LogP contribution in [0.1, 0.15) is 20.3 Å². The maximum atomic E-state index is 11.7. The second kappa shape index (κ2) is 7.63. The van der Waals surface area contributed by atoms with Crippen LogP contribution in [0.25, 0.3) is 0 Å². The summed E-state index contributed by atoms with van der Waals surface area (Å²) in [5.41, 5.74) is 0. The number of hydrogen-bond donors (Lipinski definition) is 2. The molecule has 0 bridgehead atoms. The molecule has 1 saturated heterocycles. The van der Waals surface area contributed by atoms with Crippen molar-refractivity contribution in [3.63, 3.8) is 0 Å². The Morgan fingerprint density at radius 3 is 2.94 bits per heavy atom. The topological polar surface area (TPSA) is 53.6 Å². The lowest BCUT2D eigenvalue weighted by atomic mass is 10.2. The molecule has 1 fully saturated rings. The monoisotopic (exact) mass is 243 g/mol. The van der Waals surface area contributed by atoms with Gasteiger partial charge in [-0.15, -0.1) is 0 Å². The molecule has 0 aromatic rings. The molecule has 5 heteroatoms. The second-order valence-corrected chi connectivity index (χ2v) is 4.80. The molecule has 1 atom stereocenters. The van der Waals surface area contributed by atoms with E-state index in [1.165, 1.54) is 0 Å². The Bertz CT molecular complexity index is 228. The normalized spacial score (nSPS) is 20.9. The number of hydrogen-bond acceptors (Lipinski definition) is 4. The van der Waals surface area contributed by atoms with E-state index in [2.05, 4.69) is 36.4 Å². The number of nitrogens with zero attached hydrogens (tertiary/aromatic N) is 1. The van der Waals surface area contributed by atoms with Crippen LogP contribution in [-0.4, -0.2) is 62.8 Å². The molecule has 1 aliphatic heterocycles. The molecule has 0 spiro atoms. The zero-order valence-electron chi connectivity index (χ0n) is 11.2. The zero-order chi connectivity index (χ0) is 12.7. The van der Waals surface area contributed by atoms with Gasteiger partial charge in [0.2, 0.25) is 5.91 Å². The third-order valence-corrected chi connectivity index (χ3v) is 3.11. The number of carbonyl (C=O) groups excluding carboxylic acids is 1. The Labute approximate surface area is 104 Å². The lowest BCUT2D eigenvalue weighted by molar-refractivity contribution is -0.125. The predicted molar refractivity (Wildman–Crippen MR) is 68.0 cm³/mol. The first-order valence-electron chi connectivity index (χ1n) is 6.40. The molecule has 1 rings (SSSR count). The molecule has 100 valence electrons. The van der Waals surface area contributed by atoms with Crippen molar-refractivity contribution < 1.29 is 9.53 Å². The van der Waals surface area contributed by atoms with Crippen molar-refractivity contribution >= 4 is 5.91 Å². The highest BCUT2D eigenvalue weighted by Gasteiger charge is 2.20. The van der Waals surface area contributed by atoms with Crippen molar-refractivity contribution in [1.29, 1.82) is 0 Å². The molecular weight excluding hydrogens is 218 g/mol. The van der Waals surface area contributed by atoms with E-state index >= 15 is 0 Å². The Morgan fingerprint density at radius 1 is 1.59 bits per heavy atom. The first kappa shape index (κ1) is 14.4. The Hall–Kier alpha value is -0.650. The van der Waals surface area contributed by atoms with Crippen molar-refractivity contribution in [2.75, 3.05) is 39.9 Å². The smallest absolute Gasteiger partial charge is 0.239 e. The van der Waals surface area contributed by atoms with Gasteiger partial charge in [0.1, 0.15) is 6.04 Å². The third-order valence-electron chi connectivity index (χ3n) is 3.11. The summed E-state index contributed by atoms with van der Waals surface area (Å²) < 4.78 is 5.25. The summed E-state index contributed by atoms with van der Waals surface area (Å²) in [5, 5.41) is 6.08. The number of rotatable bonds is 6. The molecule has 2 N–H and O–H groups in total. The van der Waals surface area contributed by atoms with Gasteiger partial charge in [-0.1, -0.05) is 0 Å². The van der Waals surface area contributed by atoms with Crippen LogP contribution in [0.4, 0.5) is 0 Å². The summed E-state index contributed by atoms with van der Waals surface area (Å²) in [6, 6.07) is 0.380. The summed E-state index contributed by atoms with van der Waals surface area (Å²) in [5.74, 6) is 0.0527. The maximum absolute atomic E-state index is 11.7. The number of morpholine rings is 1. The van der Waals surface area contributed by atoms with Gasteiger partial charge in [0.25, 0.3) is 0 Å². The number of amides is 1. The maximum Gasteiger partial charge on any atom is 0.239 e. The van der Waals surface area contributed by atoms with Crippen molar-refractivity contribution in [3.05, 3.63) is 0 Å². The van der Waals surface area contributed by atoms with E-state index in [0.29, 0.717) is 19.3 Å². The van der Waals surface area contributed by atoms with Gasteiger partial charge in [0.05, 0.1) is 13.2 Å². The van der Waals surface area contributed by atoms with Crippen LogP contribution in [0.2, 0.25) is 0 Å². The molecule has 0 saturated carbocycles. The molecule has 17 heavy (non-hydrogen) atoms. The van der Waals surface area contributed by atoms with Gasteiger partial charge in [-0.2, -0.15) is 0 Å². The van der Waals surface area contributed by atoms with Crippen LogP contribution in [0.15, 0.2) is 0 Å². The molecule has 0 aliphatic carbocycles. The van der Waals surface area contributed by atoms with Gasteiger partial charge < -0.3 is 20.3 Å². The minimum Gasteiger partial charge on any atom is -0.378 e. The van der Waals surface area contributed by atoms with Gasteiger partial charge in [-0.05, 0) is 33.9 Å². The molecular formula is C12H25N3O2. The average Bonchev–Trinajstić information content (AvgIpc) is 2.35. The lowest BCUT2D eigenvalue weighted by Gasteiger charge is -2.23. The van der Waals surface area contributed by atoms with Crippen LogP contribution in [0, 0.1) is 0 Å². The summed E-state index contributed by atoms with van der Waals surface area (Å²) in [7, 11) is 2.10. The summed E-state index contributed by atoms with van der Waals surface area (Å²) in [6.07, 6.45) is 0.980. The van der Waals surface area contributed by atoms with Crippen molar-refractivity contribution in [1.82, 2.24) is 15.5 Å². The summed E-state index contributed by atoms with van der Waals surface area (Å²) >= 11 is 0. The van der Waals surface area contributed by atoms with Gasteiger partial charge in [-0.25, -0.2) is 0 Å². The van der Waals surface area contributed by atoms with E-state index in [9.17, 15) is 4.79 Å². The van der Waals surface area contributed by atoms with E-state index in [1.807, 2.05) is 0 Å². The van der Waals surface area contributed by atoms with E-state index < -0.39 is 0 Å². The highest BCUT2D eigenvalue weighted by molar-refractivity contribution is 5.81. The number of nitrogens with one attached hydrogen (secondary N) is 2. The molecule has 1 aliphatic rings. The molecule has 1 heterocycles. The molecule has 0 aromatic heterocycles. The fraction of sp³-hybridized carbons (Fsp3) is 0.917. The number of carbonyl (C=O) groups is 1. The second-order valence-electron chi connectivity index (χ2n) is 4.80. The van der Waals surface area contributed by atoms with E-state index in [1.54, 1.807) is 0 Å². The first-order valence-corrected chi connectivity index (χ1v) is 6.40. The van der Waals surface area contributed by atoms with Crippen molar-refractivity contribution in [3.8, 4) is 0 Å². The van der Waals surface area contributed by atoms with Gasteiger partial charge in [0.15, 0.2) is 0 Å². The molecule has 0 aromatic carbocycles. The van der Waals surface area contributed by atoms with Crippen LogP contribution in [-0.2, 0) is 9.53 Å². The average molecular weight is 243 g/mol. The Morgan fingerprint density at radius 2 is 2.35 bits per heavy atom. The van der Waals surface area contributed by atoms with Crippen LogP contribution < -0.4 is 10.6 Å². The van der Waals surface area contributed by atoms with Gasteiger partial charge in [-0.3, -0.25) is 4.79 Å². The van der Waals surface area contributed by atoms with Crippen LogP contribution in [0.3, 0.4) is 0 Å². The number of ether oxygens (including phenoxy) is 1. The minimum atomic E-state index is -0.174. The fourth-order valence-electron chi connectivity index (χ4n) is 1.66. The fourth-order valence-corrected chi connectivity index (χ4v) is 1.66. The van der Waals surface area contributed by atoms with Crippen LogP contribution in [0.5, 0.6) is 0 Å². The van der Waals surface area contributed by atoms with Crippen molar-refractivity contribution in [2.45, 2.75) is 32.4 Å². The molecule has 1 amide bonds. The first-order chi connectivity index (χ1) is 8.11. The highest BCUT2D eigenvalue weighted by Crippen LogP contribution is 1.95. The minimum absolute atomic E-state index is 0.0527. The standard InChI is InChI=1S/C12H25N3O2/c1-10(2)15(3)7-4-5-14-12(16)11-9-17-8-6-13-11/h10-11,13H,4-9H2,1-3H3,(H,14,16). The summed E-state index contributed by atoms with van der Waals surface area (Å²) in [4.78, 5) is 14.0. The molecule has 1 unspecified atom stereocenters. The van der Waals surface area contributed by atoms with Gasteiger partial charge in [0, 0.05) is 19.1 Å².